The van der Waals surface area contributed by atoms with Crippen LogP contribution in [-0.2, 0) is 22.4 Å². The lowest BCUT2D eigenvalue weighted by molar-refractivity contribution is -0.119. The largest absolute Gasteiger partial charge is 0.451 e. The molecule has 0 spiro atoms. The summed E-state index contributed by atoms with van der Waals surface area (Å²) in [6.45, 7) is 1.80. The first-order valence-corrected chi connectivity index (χ1v) is 11.1. The van der Waals surface area contributed by atoms with E-state index >= 15 is 0 Å². The highest BCUT2D eigenvalue weighted by molar-refractivity contribution is 9.13. The van der Waals surface area contributed by atoms with E-state index in [2.05, 4.69) is 50.2 Å². The standard InChI is InChI=1S/C17H14Br2N2O3S2/c1-8-2-3-9-10(6-20)16(26-12(9)4-8)21-14(22)7-24-17(23)13-5-11(18)15(19)25-13/h5,8H,2-4,7H2,1H3,(H,21,22)/t8-/m1/s1. The number of nitrogens with one attached hydrogen (secondary N) is 1. The third-order valence-corrected chi connectivity index (χ3v) is 8.46. The van der Waals surface area contributed by atoms with Crippen molar-refractivity contribution in [3.8, 4) is 6.07 Å². The Balaban J connectivity index is 1.63. The van der Waals surface area contributed by atoms with Gasteiger partial charge in [-0.2, -0.15) is 5.26 Å². The van der Waals surface area contributed by atoms with Gasteiger partial charge in [0, 0.05) is 9.35 Å². The van der Waals surface area contributed by atoms with Crippen molar-refractivity contribution in [1.29, 1.82) is 5.26 Å². The van der Waals surface area contributed by atoms with Crippen LogP contribution in [0.1, 0.15) is 39.0 Å². The Hall–Kier alpha value is -1.21. The first-order chi connectivity index (χ1) is 12.4. The van der Waals surface area contributed by atoms with Crippen molar-refractivity contribution in [3.05, 3.63) is 35.2 Å². The molecule has 9 heteroatoms. The average Bonchev–Trinajstić information content (AvgIpc) is 3.11. The molecular formula is C17H14Br2N2O3S2. The van der Waals surface area contributed by atoms with Crippen molar-refractivity contribution in [3.63, 3.8) is 0 Å². The summed E-state index contributed by atoms with van der Waals surface area (Å²) in [5, 5.41) is 12.7. The summed E-state index contributed by atoms with van der Waals surface area (Å²) in [6, 6.07) is 3.84. The number of halogens is 2. The predicted octanol–water partition coefficient (Wildman–Crippen LogP) is 5.13. The SMILES string of the molecule is C[C@@H]1CCc2c(sc(NC(=O)COC(=O)c3cc(Br)c(Br)s3)c2C#N)C1. The topological polar surface area (TPSA) is 79.2 Å². The molecule has 1 atom stereocenters. The monoisotopic (exact) mass is 516 g/mol. The molecule has 0 saturated heterocycles. The fourth-order valence-electron chi connectivity index (χ4n) is 2.77. The summed E-state index contributed by atoms with van der Waals surface area (Å²) >= 11 is 9.29. The van der Waals surface area contributed by atoms with E-state index in [0.717, 1.165) is 33.1 Å². The van der Waals surface area contributed by atoms with Crippen molar-refractivity contribution < 1.29 is 14.3 Å². The molecule has 2 heterocycles. The van der Waals surface area contributed by atoms with Crippen LogP contribution in [0, 0.1) is 17.2 Å². The zero-order chi connectivity index (χ0) is 18.8. The Morgan fingerprint density at radius 3 is 2.85 bits per heavy atom. The van der Waals surface area contributed by atoms with E-state index in [-0.39, 0.29) is 0 Å². The lowest BCUT2D eigenvalue weighted by atomic mass is 9.89. The number of carbonyl (C=O) groups excluding carboxylic acids is 2. The summed E-state index contributed by atoms with van der Waals surface area (Å²) in [4.78, 5) is 25.7. The van der Waals surface area contributed by atoms with Crippen LogP contribution in [0.15, 0.2) is 14.3 Å². The summed E-state index contributed by atoms with van der Waals surface area (Å²) in [7, 11) is 0. The highest BCUT2D eigenvalue weighted by Gasteiger charge is 2.25. The second-order valence-electron chi connectivity index (χ2n) is 6.02. The van der Waals surface area contributed by atoms with E-state index in [1.807, 2.05) is 0 Å². The van der Waals surface area contributed by atoms with E-state index in [9.17, 15) is 14.9 Å². The van der Waals surface area contributed by atoms with E-state index in [0.29, 0.717) is 21.4 Å². The molecule has 0 radical (unpaired) electrons. The Morgan fingerprint density at radius 2 is 2.19 bits per heavy atom. The highest BCUT2D eigenvalue weighted by Crippen LogP contribution is 2.39. The van der Waals surface area contributed by atoms with Gasteiger partial charge >= 0.3 is 5.97 Å². The van der Waals surface area contributed by atoms with Crippen LogP contribution < -0.4 is 5.32 Å². The van der Waals surface area contributed by atoms with Crippen molar-refractivity contribution in [2.75, 3.05) is 11.9 Å². The molecule has 1 N–H and O–H groups in total. The van der Waals surface area contributed by atoms with Gasteiger partial charge in [-0.3, -0.25) is 4.79 Å². The zero-order valence-electron chi connectivity index (χ0n) is 13.7. The number of nitrogens with zero attached hydrogens (tertiary/aromatic N) is 1. The molecular weight excluding hydrogens is 504 g/mol. The third-order valence-electron chi connectivity index (χ3n) is 4.06. The number of rotatable bonds is 4. The maximum atomic E-state index is 12.2. The van der Waals surface area contributed by atoms with Crippen molar-refractivity contribution >= 4 is 71.4 Å². The number of hydrogen-bond donors (Lipinski definition) is 1. The van der Waals surface area contributed by atoms with Gasteiger partial charge in [0.05, 0.1) is 9.35 Å². The zero-order valence-corrected chi connectivity index (χ0v) is 18.5. The molecule has 26 heavy (non-hydrogen) atoms. The fourth-order valence-corrected chi connectivity index (χ4v) is 6.08. The normalized spacial score (nSPS) is 15.8. The molecule has 136 valence electrons. The second-order valence-corrected chi connectivity index (χ2v) is 10.4. The van der Waals surface area contributed by atoms with Crippen LogP contribution in [0.3, 0.4) is 0 Å². The van der Waals surface area contributed by atoms with E-state index in [4.69, 9.17) is 4.74 Å². The molecule has 5 nitrogen and oxygen atoms in total. The van der Waals surface area contributed by atoms with Gasteiger partial charge in [-0.1, -0.05) is 6.92 Å². The van der Waals surface area contributed by atoms with E-state index in [1.165, 1.54) is 27.6 Å². The van der Waals surface area contributed by atoms with Gasteiger partial charge in [0.2, 0.25) is 0 Å². The van der Waals surface area contributed by atoms with Gasteiger partial charge in [-0.15, -0.1) is 22.7 Å². The number of anilines is 1. The minimum absolute atomic E-state index is 0.393. The molecule has 0 aromatic carbocycles. The maximum Gasteiger partial charge on any atom is 0.348 e. The Kier molecular flexibility index (Phi) is 6.17. The quantitative estimate of drug-likeness (QED) is 0.570. The molecule has 1 aliphatic carbocycles. The van der Waals surface area contributed by atoms with Gasteiger partial charge in [0.25, 0.3) is 5.91 Å². The number of ether oxygens (including phenoxy) is 1. The maximum absolute atomic E-state index is 12.2. The first kappa shape index (κ1) is 19.5. The van der Waals surface area contributed by atoms with Crippen molar-refractivity contribution in [2.24, 2.45) is 5.92 Å². The number of nitriles is 1. The Bertz CT molecular complexity index is 894. The van der Waals surface area contributed by atoms with Crippen molar-refractivity contribution in [2.45, 2.75) is 26.2 Å². The Labute approximate surface area is 175 Å². The molecule has 0 aliphatic heterocycles. The van der Waals surface area contributed by atoms with Crippen LogP contribution in [0.2, 0.25) is 0 Å². The average molecular weight is 518 g/mol. The number of esters is 1. The number of thiophene rings is 2. The summed E-state index contributed by atoms with van der Waals surface area (Å²) in [5.74, 6) is -0.422. The van der Waals surface area contributed by atoms with Crippen LogP contribution >= 0.6 is 54.5 Å². The van der Waals surface area contributed by atoms with Gasteiger partial charge in [0.1, 0.15) is 15.9 Å². The minimum atomic E-state index is -0.559. The highest BCUT2D eigenvalue weighted by atomic mass is 79.9. The smallest absolute Gasteiger partial charge is 0.348 e. The molecule has 0 bridgehead atoms. The van der Waals surface area contributed by atoms with Gasteiger partial charge in [0.15, 0.2) is 6.61 Å². The van der Waals surface area contributed by atoms with Gasteiger partial charge in [-0.05, 0) is 68.7 Å². The van der Waals surface area contributed by atoms with Crippen LogP contribution in [-0.4, -0.2) is 18.5 Å². The lowest BCUT2D eigenvalue weighted by Crippen LogP contribution is -2.20. The fraction of sp³-hybridized carbons (Fsp3) is 0.353. The van der Waals surface area contributed by atoms with Crippen LogP contribution in [0.4, 0.5) is 5.00 Å². The van der Waals surface area contributed by atoms with Crippen molar-refractivity contribution in [1.82, 2.24) is 0 Å². The number of fused-ring (bicyclic) bond motifs is 1. The predicted molar refractivity (Wildman–Crippen MR) is 109 cm³/mol. The molecule has 0 saturated carbocycles. The summed E-state index contributed by atoms with van der Waals surface area (Å²) in [6.07, 6.45) is 2.85. The van der Waals surface area contributed by atoms with Gasteiger partial charge in [-0.25, -0.2) is 4.79 Å². The number of hydrogen-bond acceptors (Lipinski definition) is 6. The third kappa shape index (κ3) is 4.19. The minimum Gasteiger partial charge on any atom is -0.451 e. The summed E-state index contributed by atoms with van der Waals surface area (Å²) < 4.78 is 6.61. The summed E-state index contributed by atoms with van der Waals surface area (Å²) in [5.41, 5.74) is 1.60. The molecule has 1 amide bonds. The molecule has 2 aromatic rings. The van der Waals surface area contributed by atoms with Gasteiger partial charge < -0.3 is 10.1 Å². The molecule has 2 aromatic heterocycles. The van der Waals surface area contributed by atoms with Crippen LogP contribution in [0.25, 0.3) is 0 Å². The second kappa shape index (κ2) is 8.21. The van der Waals surface area contributed by atoms with Crippen LogP contribution in [0.5, 0.6) is 0 Å². The number of amides is 1. The molecule has 1 aliphatic rings. The Morgan fingerprint density at radius 1 is 1.42 bits per heavy atom. The molecule has 0 unspecified atom stereocenters. The first-order valence-electron chi connectivity index (χ1n) is 7.85. The number of carbonyl (C=O) groups is 2. The van der Waals surface area contributed by atoms with E-state index in [1.54, 1.807) is 6.07 Å². The molecule has 3 rings (SSSR count). The lowest BCUT2D eigenvalue weighted by Gasteiger charge is -2.17. The molecule has 0 fully saturated rings. The van der Waals surface area contributed by atoms with E-state index < -0.39 is 18.5 Å².